The average Bonchev–Trinajstić information content (AvgIpc) is 3.47. The number of carbonyl (C=O) groups excluding carboxylic acids is 3. The van der Waals surface area contributed by atoms with Crippen LogP contribution in [0.15, 0.2) is 0 Å². The summed E-state index contributed by atoms with van der Waals surface area (Å²) in [7, 11) is 0. The van der Waals surface area contributed by atoms with E-state index in [0.29, 0.717) is 38.8 Å². The van der Waals surface area contributed by atoms with E-state index in [1.54, 1.807) is 0 Å². The van der Waals surface area contributed by atoms with Gasteiger partial charge in [0.15, 0.2) is 0 Å². The quantitative estimate of drug-likeness (QED) is 0.749. The molecule has 0 aromatic heterocycles. The molecule has 4 amide bonds. The summed E-state index contributed by atoms with van der Waals surface area (Å²) in [5, 5.41) is 3.03. The maximum Gasteiger partial charge on any atom is 0.326 e. The minimum absolute atomic E-state index is 0.0543. The van der Waals surface area contributed by atoms with Gasteiger partial charge < -0.3 is 10.2 Å². The van der Waals surface area contributed by atoms with Crippen LogP contribution in [0.5, 0.6) is 0 Å². The van der Waals surface area contributed by atoms with Crippen LogP contribution in [0.2, 0.25) is 0 Å². The molecule has 2 saturated carbocycles. The molecule has 0 aromatic rings. The Morgan fingerprint density at radius 2 is 1.64 bits per heavy atom. The number of hydrogen-bond acceptors (Lipinski definition) is 4. The highest BCUT2D eigenvalue weighted by atomic mass is 16.2. The summed E-state index contributed by atoms with van der Waals surface area (Å²) in [6.07, 6.45) is 5.48. The lowest BCUT2D eigenvalue weighted by Gasteiger charge is -2.41. The highest BCUT2D eigenvalue weighted by Crippen LogP contribution is 2.43. The van der Waals surface area contributed by atoms with E-state index in [1.807, 2.05) is 4.90 Å². The molecule has 2 aliphatic heterocycles. The topological polar surface area (TPSA) is 73.0 Å². The molecule has 156 valence electrons. The zero-order valence-electron chi connectivity index (χ0n) is 17.5. The highest BCUT2D eigenvalue weighted by Gasteiger charge is 2.53. The number of nitrogens with one attached hydrogen (secondary N) is 1. The first kappa shape index (κ1) is 19.7. The summed E-state index contributed by atoms with van der Waals surface area (Å²) < 4.78 is 0. The summed E-state index contributed by atoms with van der Waals surface area (Å²) in [6, 6.07) is -0.254. The lowest BCUT2D eigenvalue weighted by Crippen LogP contribution is -2.54. The first-order valence-electron chi connectivity index (χ1n) is 10.8. The molecule has 1 spiro atoms. The largest absolute Gasteiger partial charge is 0.340 e. The number of imide groups is 1. The van der Waals surface area contributed by atoms with Crippen LogP contribution >= 0.6 is 0 Å². The molecule has 0 atom stereocenters. The van der Waals surface area contributed by atoms with Gasteiger partial charge in [0.1, 0.15) is 5.54 Å². The van der Waals surface area contributed by atoms with Crippen LogP contribution in [0.1, 0.15) is 59.3 Å². The van der Waals surface area contributed by atoms with E-state index in [0.717, 1.165) is 38.5 Å². The molecule has 0 unspecified atom stereocenters. The van der Waals surface area contributed by atoms with Crippen molar-refractivity contribution in [2.75, 3.05) is 32.8 Å². The molecule has 7 nitrogen and oxygen atoms in total. The Morgan fingerprint density at radius 3 is 2.18 bits per heavy atom. The van der Waals surface area contributed by atoms with Crippen molar-refractivity contribution in [1.82, 2.24) is 20.0 Å². The second-order valence-corrected chi connectivity index (χ2v) is 10.2. The number of rotatable bonds is 3. The second-order valence-electron chi connectivity index (χ2n) is 10.2. The molecular weight excluding hydrogens is 356 g/mol. The number of hydrogen-bond donors (Lipinski definition) is 1. The van der Waals surface area contributed by atoms with E-state index in [4.69, 9.17) is 0 Å². The number of amides is 4. The van der Waals surface area contributed by atoms with Crippen LogP contribution < -0.4 is 5.32 Å². The van der Waals surface area contributed by atoms with Crippen molar-refractivity contribution in [1.29, 1.82) is 0 Å². The normalized spacial score (nSPS) is 32.2. The standard InChI is InChI=1S/C21H34N4O3/c1-20(2,3)16-6-8-21(9-7-16)18(27)25(19(28)22-21)14-23-10-12-24(13-11-23)17(26)15-4-5-15/h15-16H,4-14H2,1-3H3,(H,22,28). The lowest BCUT2D eigenvalue weighted by molar-refractivity contribution is -0.137. The maximum atomic E-state index is 13.1. The molecule has 0 radical (unpaired) electrons. The summed E-state index contributed by atoms with van der Waals surface area (Å²) in [6.45, 7) is 9.92. The third kappa shape index (κ3) is 3.65. The van der Waals surface area contributed by atoms with E-state index in [1.165, 1.54) is 4.90 Å². The lowest BCUT2D eigenvalue weighted by atomic mass is 9.67. The predicted octanol–water partition coefficient (Wildman–Crippen LogP) is 2.02. The van der Waals surface area contributed by atoms with Crippen LogP contribution in [0, 0.1) is 17.3 Å². The zero-order valence-corrected chi connectivity index (χ0v) is 17.5. The third-order valence-electron chi connectivity index (χ3n) is 7.26. The predicted molar refractivity (Wildman–Crippen MR) is 105 cm³/mol. The monoisotopic (exact) mass is 390 g/mol. The number of nitrogens with zero attached hydrogens (tertiary/aromatic N) is 3. The van der Waals surface area contributed by atoms with Gasteiger partial charge in [-0.15, -0.1) is 0 Å². The van der Waals surface area contributed by atoms with E-state index in [-0.39, 0.29) is 29.2 Å². The Bertz CT molecular complexity index is 651. The molecular formula is C21H34N4O3. The molecule has 0 aromatic carbocycles. The van der Waals surface area contributed by atoms with Crippen LogP contribution in [0.4, 0.5) is 4.79 Å². The van der Waals surface area contributed by atoms with Crippen LogP contribution in [0.25, 0.3) is 0 Å². The molecule has 28 heavy (non-hydrogen) atoms. The molecule has 4 rings (SSSR count). The van der Waals surface area contributed by atoms with Gasteiger partial charge in [-0.1, -0.05) is 20.8 Å². The fraction of sp³-hybridized carbons (Fsp3) is 0.857. The average molecular weight is 391 g/mol. The molecule has 2 aliphatic carbocycles. The van der Waals surface area contributed by atoms with Gasteiger partial charge in [-0.05, 0) is 49.9 Å². The van der Waals surface area contributed by atoms with E-state index >= 15 is 0 Å². The molecule has 4 fully saturated rings. The van der Waals surface area contributed by atoms with Gasteiger partial charge in [-0.2, -0.15) is 0 Å². The van der Waals surface area contributed by atoms with Crippen molar-refractivity contribution >= 4 is 17.8 Å². The first-order valence-corrected chi connectivity index (χ1v) is 10.8. The molecule has 2 heterocycles. The van der Waals surface area contributed by atoms with Gasteiger partial charge in [-0.25, -0.2) is 9.69 Å². The fourth-order valence-electron chi connectivity index (χ4n) is 5.02. The van der Waals surface area contributed by atoms with Crippen molar-refractivity contribution in [2.45, 2.75) is 64.8 Å². The Morgan fingerprint density at radius 1 is 1.04 bits per heavy atom. The van der Waals surface area contributed by atoms with Crippen LogP contribution in [-0.4, -0.2) is 70.9 Å². The number of piperazine rings is 1. The van der Waals surface area contributed by atoms with Gasteiger partial charge in [-0.3, -0.25) is 14.5 Å². The van der Waals surface area contributed by atoms with Crippen molar-refractivity contribution in [3.05, 3.63) is 0 Å². The van der Waals surface area contributed by atoms with Crippen molar-refractivity contribution in [3.63, 3.8) is 0 Å². The highest BCUT2D eigenvalue weighted by molar-refractivity contribution is 6.07. The minimum Gasteiger partial charge on any atom is -0.340 e. The summed E-state index contributed by atoms with van der Waals surface area (Å²) in [5.41, 5.74) is -0.451. The summed E-state index contributed by atoms with van der Waals surface area (Å²) >= 11 is 0. The minimum atomic E-state index is -0.692. The number of carbonyl (C=O) groups is 3. The zero-order chi connectivity index (χ0) is 20.1. The second kappa shape index (κ2) is 7.01. The smallest absolute Gasteiger partial charge is 0.326 e. The molecule has 4 aliphatic rings. The van der Waals surface area contributed by atoms with Gasteiger partial charge in [0.05, 0.1) is 6.67 Å². The number of urea groups is 1. The summed E-state index contributed by atoms with van der Waals surface area (Å²) in [4.78, 5) is 43.4. The fourth-order valence-corrected chi connectivity index (χ4v) is 5.02. The van der Waals surface area contributed by atoms with Crippen molar-refractivity contribution < 1.29 is 14.4 Å². The molecule has 0 bridgehead atoms. The van der Waals surface area contributed by atoms with Gasteiger partial charge >= 0.3 is 6.03 Å². The Hall–Kier alpha value is -1.63. The van der Waals surface area contributed by atoms with Crippen LogP contribution in [0.3, 0.4) is 0 Å². The Kier molecular flexibility index (Phi) is 4.92. The Balaban J connectivity index is 1.32. The van der Waals surface area contributed by atoms with E-state index in [2.05, 4.69) is 31.0 Å². The van der Waals surface area contributed by atoms with Crippen molar-refractivity contribution in [2.24, 2.45) is 17.3 Å². The van der Waals surface area contributed by atoms with Gasteiger partial charge in [0, 0.05) is 32.1 Å². The SMILES string of the molecule is CC(C)(C)C1CCC2(CC1)NC(=O)N(CN1CCN(C(=O)C3CC3)CC1)C2=O. The first-order chi connectivity index (χ1) is 13.2. The summed E-state index contributed by atoms with van der Waals surface area (Å²) in [5.74, 6) is 1.07. The maximum absolute atomic E-state index is 13.1. The van der Waals surface area contributed by atoms with Crippen molar-refractivity contribution in [3.8, 4) is 0 Å². The van der Waals surface area contributed by atoms with Crippen LogP contribution in [-0.2, 0) is 9.59 Å². The molecule has 7 heteroatoms. The Labute approximate surface area is 167 Å². The molecule has 1 N–H and O–H groups in total. The third-order valence-corrected chi connectivity index (χ3v) is 7.26. The van der Waals surface area contributed by atoms with E-state index in [9.17, 15) is 14.4 Å². The van der Waals surface area contributed by atoms with Gasteiger partial charge in [0.2, 0.25) is 5.91 Å². The van der Waals surface area contributed by atoms with Gasteiger partial charge in [0.25, 0.3) is 5.91 Å². The molecule has 2 saturated heterocycles. The van der Waals surface area contributed by atoms with E-state index < -0.39 is 5.54 Å².